The highest BCUT2D eigenvalue weighted by Gasteiger charge is 2.15. The van der Waals surface area contributed by atoms with Gasteiger partial charge in [-0.1, -0.05) is 11.6 Å². The first-order chi connectivity index (χ1) is 6.02. The van der Waals surface area contributed by atoms with Crippen LogP contribution < -0.4 is 0 Å². The lowest BCUT2D eigenvalue weighted by atomic mass is 10.4. The smallest absolute Gasteiger partial charge is 0.357 e. The monoisotopic (exact) mass is 202 g/mol. The summed E-state index contributed by atoms with van der Waals surface area (Å²) in [5.41, 5.74) is -1.02. The maximum absolute atomic E-state index is 10.4. The summed E-state index contributed by atoms with van der Waals surface area (Å²) in [6.07, 6.45) is 0.886. The molecular weight excluding hydrogens is 200 g/mol. The average Bonchev–Trinajstić information content (AvgIpc) is 2.04. The average molecular weight is 203 g/mol. The highest BCUT2D eigenvalue weighted by Crippen LogP contribution is 2.10. The van der Waals surface area contributed by atoms with Crippen molar-refractivity contribution < 1.29 is 19.8 Å². The first kappa shape index (κ1) is 9.40. The Bertz CT molecular complexity index is 379. The minimum Gasteiger partial charge on any atom is -0.476 e. The van der Waals surface area contributed by atoms with Gasteiger partial charge in [0.2, 0.25) is 0 Å². The van der Waals surface area contributed by atoms with Crippen molar-refractivity contribution in [2.75, 3.05) is 0 Å². The van der Waals surface area contributed by atoms with Crippen LogP contribution in [0.4, 0.5) is 0 Å². The van der Waals surface area contributed by atoms with Gasteiger partial charge < -0.3 is 10.2 Å². The van der Waals surface area contributed by atoms with Gasteiger partial charge in [-0.2, -0.15) is 0 Å². The van der Waals surface area contributed by atoms with Crippen molar-refractivity contribution in [3.8, 4) is 0 Å². The minimum atomic E-state index is -1.42. The lowest BCUT2D eigenvalue weighted by molar-refractivity contribution is 0.0684. The maximum Gasteiger partial charge on any atom is 0.357 e. The minimum absolute atomic E-state index is 0.336. The Morgan fingerprint density at radius 1 is 1.31 bits per heavy atom. The molecule has 0 aliphatic rings. The third-order valence-electron chi connectivity index (χ3n) is 1.15. The van der Waals surface area contributed by atoms with Crippen LogP contribution in [0.5, 0.6) is 0 Å². The van der Waals surface area contributed by atoms with E-state index in [1.165, 1.54) is 0 Å². The summed E-state index contributed by atoms with van der Waals surface area (Å²) in [5, 5.41) is 16.6. The highest BCUT2D eigenvalue weighted by molar-refractivity contribution is 6.32. The Kier molecular flexibility index (Phi) is 2.43. The summed E-state index contributed by atoms with van der Waals surface area (Å²) in [6, 6.07) is 0. The quantitative estimate of drug-likeness (QED) is 0.725. The summed E-state index contributed by atoms with van der Waals surface area (Å²) < 4.78 is 0. The number of aromatic nitrogens is 2. The lowest BCUT2D eigenvalue weighted by Crippen LogP contribution is -2.09. The van der Waals surface area contributed by atoms with Crippen LogP contribution in [-0.2, 0) is 0 Å². The van der Waals surface area contributed by atoms with Gasteiger partial charge in [-0.3, -0.25) is 0 Å². The zero-order chi connectivity index (χ0) is 10.0. The lowest BCUT2D eigenvalue weighted by Gasteiger charge is -1.97. The standard InChI is InChI=1S/C6H3ClN2O4/c7-4-3(6(12)13)9-2(1-8-4)5(10)11/h1H,(H,10,11)(H,12,13). The van der Waals surface area contributed by atoms with Gasteiger partial charge in [-0.25, -0.2) is 19.6 Å². The second kappa shape index (κ2) is 3.36. The molecule has 0 bridgehead atoms. The summed E-state index contributed by atoms with van der Waals surface area (Å²) in [6.45, 7) is 0. The normalized spacial score (nSPS) is 9.62. The molecule has 0 fully saturated rings. The van der Waals surface area contributed by atoms with Crippen molar-refractivity contribution in [3.05, 3.63) is 22.7 Å². The Morgan fingerprint density at radius 3 is 2.38 bits per heavy atom. The van der Waals surface area contributed by atoms with E-state index in [4.69, 9.17) is 21.8 Å². The molecule has 7 heteroatoms. The van der Waals surface area contributed by atoms with Gasteiger partial charge in [-0.05, 0) is 0 Å². The molecule has 1 heterocycles. The molecule has 0 atom stereocenters. The number of aromatic carboxylic acids is 2. The Hall–Kier alpha value is -1.69. The predicted molar refractivity (Wildman–Crippen MR) is 41.0 cm³/mol. The molecule has 0 spiro atoms. The summed E-state index contributed by atoms with van der Waals surface area (Å²) >= 11 is 5.35. The van der Waals surface area contributed by atoms with E-state index >= 15 is 0 Å². The number of hydrogen-bond acceptors (Lipinski definition) is 4. The van der Waals surface area contributed by atoms with Crippen LogP contribution in [0.1, 0.15) is 21.0 Å². The molecule has 0 unspecified atom stereocenters. The largest absolute Gasteiger partial charge is 0.476 e. The van der Waals surface area contributed by atoms with Gasteiger partial charge in [0.25, 0.3) is 0 Å². The van der Waals surface area contributed by atoms with Gasteiger partial charge in [-0.15, -0.1) is 0 Å². The highest BCUT2D eigenvalue weighted by atomic mass is 35.5. The van der Waals surface area contributed by atoms with Crippen LogP contribution in [0.15, 0.2) is 6.20 Å². The third kappa shape index (κ3) is 1.91. The number of halogens is 1. The van der Waals surface area contributed by atoms with Crippen molar-refractivity contribution >= 4 is 23.5 Å². The number of hydrogen-bond donors (Lipinski definition) is 2. The first-order valence-electron chi connectivity index (χ1n) is 3.01. The summed E-state index contributed by atoms with van der Waals surface area (Å²) in [7, 11) is 0. The number of nitrogens with zero attached hydrogens (tertiary/aromatic N) is 2. The number of carboxylic acids is 2. The third-order valence-corrected chi connectivity index (χ3v) is 1.43. The molecule has 2 N–H and O–H groups in total. The molecule has 0 radical (unpaired) electrons. The van der Waals surface area contributed by atoms with Gasteiger partial charge in [0.05, 0.1) is 6.20 Å². The van der Waals surface area contributed by atoms with E-state index in [9.17, 15) is 9.59 Å². The molecule has 0 aliphatic heterocycles. The van der Waals surface area contributed by atoms with Crippen LogP contribution >= 0.6 is 11.6 Å². The molecule has 1 rings (SSSR count). The van der Waals surface area contributed by atoms with E-state index in [1.54, 1.807) is 0 Å². The molecule has 0 amide bonds. The van der Waals surface area contributed by atoms with Crippen molar-refractivity contribution in [1.82, 2.24) is 9.97 Å². The summed E-state index contributed by atoms with van der Waals surface area (Å²) in [4.78, 5) is 27.4. The second-order valence-electron chi connectivity index (χ2n) is 2.00. The number of rotatable bonds is 2. The van der Waals surface area contributed by atoms with E-state index in [1.807, 2.05) is 0 Å². The number of carbonyl (C=O) groups is 2. The van der Waals surface area contributed by atoms with E-state index in [2.05, 4.69) is 9.97 Å². The molecule has 1 aromatic rings. The fourth-order valence-corrected chi connectivity index (χ4v) is 0.785. The molecule has 1 aromatic heterocycles. The van der Waals surface area contributed by atoms with Gasteiger partial charge in [0.15, 0.2) is 16.5 Å². The van der Waals surface area contributed by atoms with Gasteiger partial charge in [0.1, 0.15) is 0 Å². The molecule has 0 saturated heterocycles. The van der Waals surface area contributed by atoms with Gasteiger partial charge >= 0.3 is 11.9 Å². The molecule has 0 aromatic carbocycles. The van der Waals surface area contributed by atoms with E-state index in [0.29, 0.717) is 0 Å². The van der Waals surface area contributed by atoms with Gasteiger partial charge in [0, 0.05) is 0 Å². The van der Waals surface area contributed by atoms with E-state index in [-0.39, 0.29) is 5.15 Å². The van der Waals surface area contributed by atoms with Crippen LogP contribution in [-0.4, -0.2) is 32.1 Å². The number of carboxylic acid groups (broad SMARTS) is 2. The van der Waals surface area contributed by atoms with E-state index < -0.39 is 23.3 Å². The van der Waals surface area contributed by atoms with Crippen molar-refractivity contribution in [2.45, 2.75) is 0 Å². The van der Waals surface area contributed by atoms with Crippen LogP contribution in [0, 0.1) is 0 Å². The maximum atomic E-state index is 10.4. The summed E-state index contributed by atoms with van der Waals surface area (Å²) in [5.74, 6) is -2.77. The van der Waals surface area contributed by atoms with Crippen molar-refractivity contribution in [1.29, 1.82) is 0 Å². The fourth-order valence-electron chi connectivity index (χ4n) is 0.614. The molecule has 0 saturated carbocycles. The zero-order valence-electron chi connectivity index (χ0n) is 6.06. The van der Waals surface area contributed by atoms with E-state index in [0.717, 1.165) is 6.20 Å². The molecule has 68 valence electrons. The van der Waals surface area contributed by atoms with Crippen molar-refractivity contribution in [2.24, 2.45) is 0 Å². The predicted octanol–water partition coefficient (Wildman–Crippen LogP) is 0.526. The Morgan fingerprint density at radius 2 is 1.92 bits per heavy atom. The molecule has 6 nitrogen and oxygen atoms in total. The SMILES string of the molecule is O=C(O)c1cnc(Cl)c(C(=O)O)n1. The first-order valence-corrected chi connectivity index (χ1v) is 3.39. The fraction of sp³-hybridized carbons (Fsp3) is 0. The topological polar surface area (TPSA) is 100 Å². The Balaban J connectivity index is 3.27. The van der Waals surface area contributed by atoms with Crippen LogP contribution in [0.2, 0.25) is 5.15 Å². The molecular formula is C6H3ClN2O4. The molecule has 13 heavy (non-hydrogen) atoms. The zero-order valence-corrected chi connectivity index (χ0v) is 6.82. The second-order valence-corrected chi connectivity index (χ2v) is 2.36. The van der Waals surface area contributed by atoms with Crippen molar-refractivity contribution in [3.63, 3.8) is 0 Å². The van der Waals surface area contributed by atoms with Crippen LogP contribution in [0.25, 0.3) is 0 Å². The Labute approximate surface area is 76.8 Å². The molecule has 0 aliphatic carbocycles. The van der Waals surface area contributed by atoms with Crippen LogP contribution in [0.3, 0.4) is 0 Å².